The summed E-state index contributed by atoms with van der Waals surface area (Å²) >= 11 is 0. The van der Waals surface area contributed by atoms with Crippen LogP contribution in [0.2, 0.25) is 0 Å². The second-order valence-corrected chi connectivity index (χ2v) is 7.26. The molecule has 0 aliphatic carbocycles. The summed E-state index contributed by atoms with van der Waals surface area (Å²) in [5, 5.41) is 3.19. The SMILES string of the molecule is COc1cccc(N2C(=O)C(Nc3cccc(C)c3)=C(c3ccc(C)cc3)C2=O)c1. The number of aryl methyl sites for hydroxylation is 2. The average Bonchev–Trinajstić information content (AvgIpc) is 2.98. The molecule has 0 aromatic heterocycles. The molecule has 30 heavy (non-hydrogen) atoms. The van der Waals surface area contributed by atoms with Crippen molar-refractivity contribution in [2.75, 3.05) is 17.3 Å². The molecular weight excluding hydrogens is 376 g/mol. The number of hydrogen-bond donors (Lipinski definition) is 1. The highest BCUT2D eigenvalue weighted by Crippen LogP contribution is 2.35. The number of nitrogens with zero attached hydrogens (tertiary/aromatic N) is 1. The molecule has 0 saturated carbocycles. The van der Waals surface area contributed by atoms with Crippen molar-refractivity contribution in [2.24, 2.45) is 0 Å². The number of hydrogen-bond acceptors (Lipinski definition) is 4. The lowest BCUT2D eigenvalue weighted by atomic mass is 10.0. The number of anilines is 2. The third kappa shape index (κ3) is 3.57. The van der Waals surface area contributed by atoms with Crippen molar-refractivity contribution in [3.63, 3.8) is 0 Å². The molecule has 150 valence electrons. The highest BCUT2D eigenvalue weighted by Gasteiger charge is 2.40. The zero-order valence-electron chi connectivity index (χ0n) is 17.1. The van der Waals surface area contributed by atoms with Gasteiger partial charge in [0.05, 0.1) is 18.4 Å². The van der Waals surface area contributed by atoms with Crippen molar-refractivity contribution in [3.8, 4) is 5.75 Å². The number of imide groups is 1. The molecule has 0 unspecified atom stereocenters. The van der Waals surface area contributed by atoms with E-state index >= 15 is 0 Å². The maximum absolute atomic E-state index is 13.4. The predicted octanol–water partition coefficient (Wildman–Crippen LogP) is 4.71. The summed E-state index contributed by atoms with van der Waals surface area (Å²) in [5.74, 6) is -0.192. The van der Waals surface area contributed by atoms with Gasteiger partial charge >= 0.3 is 0 Å². The topological polar surface area (TPSA) is 58.6 Å². The quantitative estimate of drug-likeness (QED) is 0.633. The second-order valence-electron chi connectivity index (χ2n) is 7.26. The average molecular weight is 398 g/mol. The fourth-order valence-electron chi connectivity index (χ4n) is 3.48. The summed E-state index contributed by atoms with van der Waals surface area (Å²) in [6.45, 7) is 3.96. The van der Waals surface area contributed by atoms with Crippen molar-refractivity contribution in [1.29, 1.82) is 0 Å². The maximum atomic E-state index is 13.4. The molecule has 0 spiro atoms. The molecule has 1 N–H and O–H groups in total. The molecule has 1 aliphatic rings. The molecule has 0 radical (unpaired) electrons. The van der Waals surface area contributed by atoms with E-state index in [2.05, 4.69) is 5.32 Å². The number of benzene rings is 3. The van der Waals surface area contributed by atoms with Gasteiger partial charge in [-0.1, -0.05) is 48.0 Å². The maximum Gasteiger partial charge on any atom is 0.282 e. The number of nitrogens with one attached hydrogen (secondary N) is 1. The van der Waals surface area contributed by atoms with Gasteiger partial charge in [-0.25, -0.2) is 4.90 Å². The Hall–Kier alpha value is -3.86. The van der Waals surface area contributed by atoms with E-state index in [0.29, 0.717) is 22.6 Å². The van der Waals surface area contributed by atoms with E-state index in [-0.39, 0.29) is 11.6 Å². The van der Waals surface area contributed by atoms with Gasteiger partial charge in [0.1, 0.15) is 11.4 Å². The molecule has 3 aromatic rings. The number of ether oxygens (including phenoxy) is 1. The third-order valence-corrected chi connectivity index (χ3v) is 5.02. The highest BCUT2D eigenvalue weighted by molar-refractivity contribution is 6.46. The van der Waals surface area contributed by atoms with Crippen molar-refractivity contribution in [2.45, 2.75) is 13.8 Å². The first-order valence-electron chi connectivity index (χ1n) is 9.66. The minimum atomic E-state index is -0.398. The molecule has 0 bridgehead atoms. The van der Waals surface area contributed by atoms with Crippen molar-refractivity contribution < 1.29 is 14.3 Å². The number of rotatable bonds is 5. The number of methoxy groups -OCH3 is 1. The number of carbonyl (C=O) groups is 2. The molecule has 4 rings (SSSR count). The Labute approximate surface area is 175 Å². The van der Waals surface area contributed by atoms with E-state index in [0.717, 1.165) is 16.8 Å². The molecule has 5 heteroatoms. The molecule has 3 aromatic carbocycles. The smallest absolute Gasteiger partial charge is 0.282 e. The number of amides is 2. The van der Waals surface area contributed by atoms with E-state index in [1.165, 1.54) is 4.90 Å². The standard InChI is InChI=1S/C25H22N2O3/c1-16-10-12-18(13-11-16)22-23(26-19-7-4-6-17(2)14-19)25(29)27(24(22)28)20-8-5-9-21(15-20)30-3/h4-15,26H,1-3H3. The molecule has 5 nitrogen and oxygen atoms in total. The molecular formula is C25H22N2O3. The van der Waals surface area contributed by atoms with Crippen molar-refractivity contribution in [3.05, 3.63) is 95.2 Å². The van der Waals surface area contributed by atoms with Crippen LogP contribution < -0.4 is 15.0 Å². The fourth-order valence-corrected chi connectivity index (χ4v) is 3.48. The van der Waals surface area contributed by atoms with Crippen LogP contribution in [0, 0.1) is 13.8 Å². The van der Waals surface area contributed by atoms with Gasteiger partial charge in [0.25, 0.3) is 11.8 Å². The van der Waals surface area contributed by atoms with Crippen LogP contribution in [0.5, 0.6) is 5.75 Å². The first kappa shape index (κ1) is 19.5. The zero-order chi connectivity index (χ0) is 21.3. The molecule has 0 saturated heterocycles. The van der Waals surface area contributed by atoms with Crippen molar-refractivity contribution in [1.82, 2.24) is 0 Å². The largest absolute Gasteiger partial charge is 0.497 e. The van der Waals surface area contributed by atoms with Crippen LogP contribution in [0.4, 0.5) is 11.4 Å². The molecule has 0 fully saturated rings. The lowest BCUT2D eigenvalue weighted by molar-refractivity contribution is -0.120. The lowest BCUT2D eigenvalue weighted by Gasteiger charge is -2.16. The van der Waals surface area contributed by atoms with Gasteiger partial charge in [-0.2, -0.15) is 0 Å². The first-order chi connectivity index (χ1) is 14.5. The zero-order valence-corrected chi connectivity index (χ0v) is 17.1. The Morgan fingerprint density at radius 3 is 2.23 bits per heavy atom. The Kier molecular flexibility index (Phi) is 5.11. The third-order valence-electron chi connectivity index (χ3n) is 5.02. The first-order valence-corrected chi connectivity index (χ1v) is 9.66. The van der Waals surface area contributed by atoms with Gasteiger partial charge in [-0.3, -0.25) is 9.59 Å². The summed E-state index contributed by atoms with van der Waals surface area (Å²) in [6.07, 6.45) is 0. The summed E-state index contributed by atoms with van der Waals surface area (Å²) < 4.78 is 5.27. The van der Waals surface area contributed by atoms with Gasteiger partial charge < -0.3 is 10.1 Å². The van der Waals surface area contributed by atoms with E-state index in [4.69, 9.17) is 4.74 Å². The lowest BCUT2D eigenvalue weighted by Crippen LogP contribution is -2.32. The minimum Gasteiger partial charge on any atom is -0.497 e. The summed E-state index contributed by atoms with van der Waals surface area (Å²) in [6, 6.07) is 22.2. The Balaban J connectivity index is 1.82. The monoisotopic (exact) mass is 398 g/mol. The highest BCUT2D eigenvalue weighted by atomic mass is 16.5. The molecule has 1 heterocycles. The normalized spacial score (nSPS) is 13.8. The van der Waals surface area contributed by atoms with E-state index in [1.54, 1.807) is 31.4 Å². The van der Waals surface area contributed by atoms with Crippen LogP contribution in [0.1, 0.15) is 16.7 Å². The molecule has 2 amide bonds. The summed E-state index contributed by atoms with van der Waals surface area (Å²) in [4.78, 5) is 28.0. The molecule has 1 aliphatic heterocycles. The van der Waals surface area contributed by atoms with Crippen LogP contribution in [0.3, 0.4) is 0 Å². The molecule has 0 atom stereocenters. The fraction of sp³-hybridized carbons (Fsp3) is 0.120. The van der Waals surface area contributed by atoms with E-state index in [9.17, 15) is 9.59 Å². The van der Waals surface area contributed by atoms with Crippen molar-refractivity contribution >= 4 is 28.8 Å². The van der Waals surface area contributed by atoms with Gasteiger partial charge in [0, 0.05) is 11.8 Å². The van der Waals surface area contributed by atoms with E-state index < -0.39 is 5.91 Å². The predicted molar refractivity (Wildman–Crippen MR) is 118 cm³/mol. The van der Waals surface area contributed by atoms with Crippen LogP contribution >= 0.6 is 0 Å². The minimum absolute atomic E-state index is 0.261. The van der Waals surface area contributed by atoms with Crippen LogP contribution in [-0.4, -0.2) is 18.9 Å². The van der Waals surface area contributed by atoms with Gasteiger partial charge in [-0.05, 0) is 49.2 Å². The van der Waals surface area contributed by atoms with E-state index in [1.807, 2.05) is 62.4 Å². The van der Waals surface area contributed by atoms with Crippen LogP contribution in [0.25, 0.3) is 5.57 Å². The Morgan fingerprint density at radius 1 is 0.800 bits per heavy atom. The van der Waals surface area contributed by atoms with Gasteiger partial charge in [0.2, 0.25) is 0 Å². The van der Waals surface area contributed by atoms with Gasteiger partial charge in [-0.15, -0.1) is 0 Å². The van der Waals surface area contributed by atoms with Crippen LogP contribution in [0.15, 0.2) is 78.5 Å². The van der Waals surface area contributed by atoms with Crippen LogP contribution in [-0.2, 0) is 9.59 Å². The Morgan fingerprint density at radius 2 is 1.53 bits per heavy atom. The Bertz CT molecular complexity index is 1160. The number of carbonyl (C=O) groups excluding carboxylic acids is 2. The summed E-state index contributed by atoms with van der Waals surface area (Å²) in [5.41, 5.74) is 4.66. The summed E-state index contributed by atoms with van der Waals surface area (Å²) in [7, 11) is 1.55. The second kappa shape index (κ2) is 7.87. The van der Waals surface area contributed by atoms with Gasteiger partial charge in [0.15, 0.2) is 0 Å².